The van der Waals surface area contributed by atoms with Gasteiger partial charge in [0.05, 0.1) is 0 Å². The highest BCUT2D eigenvalue weighted by atomic mass is 16.4. The molecule has 10 heavy (non-hydrogen) atoms. The first kappa shape index (κ1) is 7.50. The Bertz CT molecular complexity index is 138. The zero-order valence-corrected chi connectivity index (χ0v) is 5.92. The molecule has 0 aliphatic carbocycles. The van der Waals surface area contributed by atoms with Gasteiger partial charge in [-0.25, -0.2) is 0 Å². The SMILES string of the molecule is CN[C@H]1CN[C@@H](C(=O)O)C1. The molecule has 0 saturated carbocycles. The van der Waals surface area contributed by atoms with Gasteiger partial charge >= 0.3 is 5.97 Å². The van der Waals surface area contributed by atoms with E-state index in [-0.39, 0.29) is 6.04 Å². The predicted molar refractivity (Wildman–Crippen MR) is 36.9 cm³/mol. The van der Waals surface area contributed by atoms with Gasteiger partial charge in [0.25, 0.3) is 0 Å². The molecule has 1 fully saturated rings. The number of carboxylic acids is 1. The maximum atomic E-state index is 10.4. The summed E-state index contributed by atoms with van der Waals surface area (Å²) in [5, 5.41) is 14.5. The summed E-state index contributed by atoms with van der Waals surface area (Å²) in [5.74, 6) is -0.752. The molecule has 0 aromatic carbocycles. The van der Waals surface area contributed by atoms with Crippen molar-refractivity contribution in [2.45, 2.75) is 18.5 Å². The van der Waals surface area contributed by atoms with Crippen molar-refractivity contribution in [2.75, 3.05) is 13.6 Å². The van der Waals surface area contributed by atoms with Crippen molar-refractivity contribution in [3.05, 3.63) is 0 Å². The van der Waals surface area contributed by atoms with E-state index in [0.717, 1.165) is 6.54 Å². The van der Waals surface area contributed by atoms with Crippen LogP contribution in [0.3, 0.4) is 0 Å². The van der Waals surface area contributed by atoms with E-state index in [1.807, 2.05) is 7.05 Å². The van der Waals surface area contributed by atoms with Gasteiger partial charge in [-0.2, -0.15) is 0 Å². The lowest BCUT2D eigenvalue weighted by atomic mass is 10.2. The van der Waals surface area contributed by atoms with E-state index >= 15 is 0 Å². The van der Waals surface area contributed by atoms with Crippen LogP contribution in [0.4, 0.5) is 0 Å². The fourth-order valence-corrected chi connectivity index (χ4v) is 1.14. The molecule has 4 heteroatoms. The summed E-state index contributed by atoms with van der Waals surface area (Å²) in [4.78, 5) is 10.4. The maximum Gasteiger partial charge on any atom is 0.320 e. The molecule has 0 bridgehead atoms. The minimum absolute atomic E-state index is 0.320. The first-order valence-electron chi connectivity index (χ1n) is 3.37. The highest BCUT2D eigenvalue weighted by molar-refractivity contribution is 5.73. The van der Waals surface area contributed by atoms with Crippen LogP contribution in [0.25, 0.3) is 0 Å². The van der Waals surface area contributed by atoms with Crippen molar-refractivity contribution in [2.24, 2.45) is 0 Å². The summed E-state index contributed by atoms with van der Waals surface area (Å²) in [7, 11) is 1.84. The lowest BCUT2D eigenvalue weighted by Crippen LogP contribution is -2.30. The Morgan fingerprint density at radius 1 is 1.80 bits per heavy atom. The molecule has 0 amide bonds. The molecule has 0 unspecified atom stereocenters. The zero-order valence-electron chi connectivity index (χ0n) is 5.92. The van der Waals surface area contributed by atoms with Crippen LogP contribution in [0, 0.1) is 0 Å². The second-order valence-electron chi connectivity index (χ2n) is 2.52. The van der Waals surface area contributed by atoms with E-state index < -0.39 is 5.97 Å². The molecule has 1 rings (SSSR count). The van der Waals surface area contributed by atoms with Gasteiger partial charge in [0.15, 0.2) is 0 Å². The van der Waals surface area contributed by atoms with Crippen LogP contribution >= 0.6 is 0 Å². The number of carboxylic acid groups (broad SMARTS) is 1. The summed E-state index contributed by atoms with van der Waals surface area (Å²) < 4.78 is 0. The highest BCUT2D eigenvalue weighted by Gasteiger charge is 2.27. The summed E-state index contributed by atoms with van der Waals surface area (Å²) in [6.45, 7) is 0.757. The predicted octanol–water partition coefficient (Wildman–Crippen LogP) is -0.979. The molecule has 0 spiro atoms. The fourth-order valence-electron chi connectivity index (χ4n) is 1.14. The van der Waals surface area contributed by atoms with Crippen LogP contribution in [0.2, 0.25) is 0 Å². The molecule has 0 aromatic rings. The highest BCUT2D eigenvalue weighted by Crippen LogP contribution is 2.05. The third kappa shape index (κ3) is 1.46. The average molecular weight is 144 g/mol. The van der Waals surface area contributed by atoms with Crippen LogP contribution in [0.15, 0.2) is 0 Å². The average Bonchev–Trinajstić information content (AvgIpc) is 2.34. The third-order valence-electron chi connectivity index (χ3n) is 1.84. The molecule has 0 radical (unpaired) electrons. The molecular weight excluding hydrogens is 132 g/mol. The molecular formula is C6H12N2O2. The summed E-state index contributed by atoms with van der Waals surface area (Å²) in [5.41, 5.74) is 0. The second kappa shape index (κ2) is 2.98. The number of hydrogen-bond donors (Lipinski definition) is 3. The lowest BCUT2D eigenvalue weighted by molar-refractivity contribution is -0.139. The quantitative estimate of drug-likeness (QED) is 0.466. The van der Waals surface area contributed by atoms with Gasteiger partial charge in [-0.1, -0.05) is 0 Å². The number of nitrogens with one attached hydrogen (secondary N) is 2. The minimum Gasteiger partial charge on any atom is -0.480 e. The van der Waals surface area contributed by atoms with Crippen molar-refractivity contribution in [3.63, 3.8) is 0 Å². The van der Waals surface area contributed by atoms with Crippen LogP contribution < -0.4 is 10.6 Å². The van der Waals surface area contributed by atoms with Crippen LogP contribution in [0.1, 0.15) is 6.42 Å². The van der Waals surface area contributed by atoms with Crippen molar-refractivity contribution in [1.82, 2.24) is 10.6 Å². The molecule has 1 aliphatic rings. The Labute approximate surface area is 59.6 Å². The first-order valence-corrected chi connectivity index (χ1v) is 3.37. The van der Waals surface area contributed by atoms with E-state index in [4.69, 9.17) is 5.11 Å². The summed E-state index contributed by atoms with van der Waals surface area (Å²) in [6, 6.07) is -0.0291. The number of carbonyl (C=O) groups is 1. The molecule has 1 saturated heterocycles. The molecule has 2 atom stereocenters. The smallest absolute Gasteiger partial charge is 0.320 e. The topological polar surface area (TPSA) is 61.4 Å². The zero-order chi connectivity index (χ0) is 7.56. The molecule has 0 aromatic heterocycles. The first-order chi connectivity index (χ1) is 4.74. The van der Waals surface area contributed by atoms with Crippen LogP contribution in [-0.2, 0) is 4.79 Å². The Kier molecular flexibility index (Phi) is 2.24. The van der Waals surface area contributed by atoms with Gasteiger partial charge in [-0.3, -0.25) is 4.79 Å². The Morgan fingerprint density at radius 2 is 2.50 bits per heavy atom. The van der Waals surface area contributed by atoms with Crippen molar-refractivity contribution in [3.8, 4) is 0 Å². The van der Waals surface area contributed by atoms with E-state index in [1.165, 1.54) is 0 Å². The van der Waals surface area contributed by atoms with E-state index in [2.05, 4.69) is 10.6 Å². The second-order valence-corrected chi connectivity index (χ2v) is 2.52. The van der Waals surface area contributed by atoms with Crippen molar-refractivity contribution >= 4 is 5.97 Å². The number of rotatable bonds is 2. The van der Waals surface area contributed by atoms with Gasteiger partial charge in [-0.05, 0) is 13.5 Å². The number of aliphatic carboxylic acids is 1. The largest absolute Gasteiger partial charge is 0.480 e. The monoisotopic (exact) mass is 144 g/mol. The summed E-state index contributed by atoms with van der Waals surface area (Å²) >= 11 is 0. The van der Waals surface area contributed by atoms with E-state index in [1.54, 1.807) is 0 Å². The number of likely N-dealkylation sites (N-methyl/N-ethyl adjacent to an activating group) is 1. The third-order valence-corrected chi connectivity index (χ3v) is 1.84. The maximum absolute atomic E-state index is 10.4. The lowest BCUT2D eigenvalue weighted by Gasteiger charge is -2.04. The molecule has 58 valence electrons. The molecule has 1 aliphatic heterocycles. The normalized spacial score (nSPS) is 32.5. The molecule has 1 heterocycles. The minimum atomic E-state index is -0.752. The van der Waals surface area contributed by atoms with Gasteiger partial charge in [0, 0.05) is 12.6 Å². The van der Waals surface area contributed by atoms with E-state index in [0.29, 0.717) is 12.5 Å². The Balaban J connectivity index is 2.35. The van der Waals surface area contributed by atoms with Crippen LogP contribution in [-0.4, -0.2) is 36.8 Å². The Hall–Kier alpha value is -0.610. The van der Waals surface area contributed by atoms with Crippen molar-refractivity contribution < 1.29 is 9.90 Å². The van der Waals surface area contributed by atoms with Crippen molar-refractivity contribution in [1.29, 1.82) is 0 Å². The molecule has 4 nitrogen and oxygen atoms in total. The standard InChI is InChI=1S/C6H12N2O2/c1-7-4-2-5(6(9)10)8-3-4/h4-5,7-8H,2-3H2,1H3,(H,9,10)/t4-,5-/m1/s1. The van der Waals surface area contributed by atoms with E-state index in [9.17, 15) is 4.79 Å². The van der Waals surface area contributed by atoms with Gasteiger partial charge in [0.1, 0.15) is 6.04 Å². The van der Waals surface area contributed by atoms with Gasteiger partial charge < -0.3 is 15.7 Å². The number of hydrogen-bond acceptors (Lipinski definition) is 3. The van der Waals surface area contributed by atoms with Gasteiger partial charge in [-0.15, -0.1) is 0 Å². The van der Waals surface area contributed by atoms with Gasteiger partial charge in [0.2, 0.25) is 0 Å². The summed E-state index contributed by atoms with van der Waals surface area (Å²) in [6.07, 6.45) is 0.686. The molecule has 3 N–H and O–H groups in total. The Morgan fingerprint density at radius 3 is 2.80 bits per heavy atom. The van der Waals surface area contributed by atoms with Crippen LogP contribution in [0.5, 0.6) is 0 Å². The fraction of sp³-hybridized carbons (Fsp3) is 0.833.